The van der Waals surface area contributed by atoms with Crippen molar-refractivity contribution in [1.82, 2.24) is 4.98 Å². The van der Waals surface area contributed by atoms with E-state index in [1.54, 1.807) is 0 Å². The van der Waals surface area contributed by atoms with E-state index in [1.807, 2.05) is 12.3 Å². The second kappa shape index (κ2) is 3.01. The number of hydrogen-bond acceptors (Lipinski definition) is 1. The second-order valence-electron chi connectivity index (χ2n) is 2.79. The van der Waals surface area contributed by atoms with Crippen molar-refractivity contribution in [2.75, 3.05) is 0 Å². The van der Waals surface area contributed by atoms with Gasteiger partial charge in [-0.25, -0.2) is 0 Å². The van der Waals surface area contributed by atoms with Crippen molar-refractivity contribution < 1.29 is 0 Å². The normalized spacial score (nSPS) is 10.5. The summed E-state index contributed by atoms with van der Waals surface area (Å²) in [6.45, 7) is 2.11. The fourth-order valence-electron chi connectivity index (χ4n) is 1.26. The monoisotopic (exact) mass is 269 g/mol. The Morgan fingerprint density at radius 1 is 1.25 bits per heavy atom. The van der Waals surface area contributed by atoms with Gasteiger partial charge < -0.3 is 0 Å². The van der Waals surface area contributed by atoms with Crippen molar-refractivity contribution in [2.45, 2.75) is 6.92 Å². The molecule has 0 N–H and O–H groups in total. The van der Waals surface area contributed by atoms with Crippen molar-refractivity contribution in [3.8, 4) is 0 Å². The maximum Gasteiger partial charge on any atom is 0.0715 e. The molecular formula is C10H8IN. The van der Waals surface area contributed by atoms with Crippen molar-refractivity contribution >= 4 is 33.5 Å². The van der Waals surface area contributed by atoms with Crippen LogP contribution in [0.15, 0.2) is 30.5 Å². The van der Waals surface area contributed by atoms with Gasteiger partial charge in [0.25, 0.3) is 0 Å². The number of halogens is 1. The Labute approximate surface area is 85.0 Å². The molecule has 12 heavy (non-hydrogen) atoms. The van der Waals surface area contributed by atoms with E-state index in [1.165, 1.54) is 14.5 Å². The maximum absolute atomic E-state index is 4.30. The Bertz CT molecular complexity index is 423. The summed E-state index contributed by atoms with van der Waals surface area (Å²) in [5.41, 5.74) is 2.37. The van der Waals surface area contributed by atoms with Gasteiger partial charge in [0.05, 0.1) is 5.52 Å². The van der Waals surface area contributed by atoms with E-state index >= 15 is 0 Å². The Kier molecular flexibility index (Phi) is 2.00. The summed E-state index contributed by atoms with van der Waals surface area (Å²) in [7, 11) is 0. The van der Waals surface area contributed by atoms with Crippen LogP contribution in [-0.2, 0) is 0 Å². The Balaban J connectivity index is 2.86. The molecule has 0 atom stereocenters. The summed E-state index contributed by atoms with van der Waals surface area (Å²) in [6, 6.07) is 8.37. The molecule has 2 aromatic rings. The average molecular weight is 269 g/mol. The predicted octanol–water partition coefficient (Wildman–Crippen LogP) is 3.15. The molecule has 0 aliphatic rings. The number of pyridine rings is 1. The van der Waals surface area contributed by atoms with Crippen LogP contribution in [0.25, 0.3) is 10.9 Å². The van der Waals surface area contributed by atoms with Crippen molar-refractivity contribution in [2.24, 2.45) is 0 Å². The van der Waals surface area contributed by atoms with Crippen LogP contribution in [0.1, 0.15) is 5.56 Å². The Hall–Kier alpha value is -0.640. The summed E-state index contributed by atoms with van der Waals surface area (Å²) in [5.74, 6) is 0. The van der Waals surface area contributed by atoms with Gasteiger partial charge in [-0.3, -0.25) is 4.98 Å². The number of aryl methyl sites for hydroxylation is 1. The minimum atomic E-state index is 1.09. The van der Waals surface area contributed by atoms with Gasteiger partial charge in [0, 0.05) is 15.2 Å². The topological polar surface area (TPSA) is 12.9 Å². The zero-order valence-electron chi connectivity index (χ0n) is 6.71. The number of nitrogens with zero attached hydrogens (tertiary/aromatic N) is 1. The van der Waals surface area contributed by atoms with E-state index in [-0.39, 0.29) is 0 Å². The molecule has 1 nitrogen and oxygen atoms in total. The molecule has 2 rings (SSSR count). The van der Waals surface area contributed by atoms with E-state index in [0.29, 0.717) is 0 Å². The molecule has 0 bridgehead atoms. The van der Waals surface area contributed by atoms with E-state index in [4.69, 9.17) is 0 Å². The van der Waals surface area contributed by atoms with Crippen LogP contribution in [-0.4, -0.2) is 4.98 Å². The minimum absolute atomic E-state index is 1.09. The molecule has 0 unspecified atom stereocenters. The summed E-state index contributed by atoms with van der Waals surface area (Å²) in [6.07, 6.45) is 1.85. The highest BCUT2D eigenvalue weighted by atomic mass is 127. The third-order valence-corrected chi connectivity index (χ3v) is 2.59. The van der Waals surface area contributed by atoms with Gasteiger partial charge in [-0.2, -0.15) is 0 Å². The van der Waals surface area contributed by atoms with E-state index in [2.05, 4.69) is 52.7 Å². The standard InChI is InChI=1S/C10H8IN/c1-7-4-5-12-10-6-8(11)2-3-9(7)10/h2-6H,1H3. The first-order valence-electron chi connectivity index (χ1n) is 3.78. The molecule has 0 fully saturated rings. The third kappa shape index (κ3) is 1.31. The molecule has 0 spiro atoms. The maximum atomic E-state index is 4.30. The lowest BCUT2D eigenvalue weighted by Crippen LogP contribution is -1.82. The second-order valence-corrected chi connectivity index (χ2v) is 4.03. The summed E-state index contributed by atoms with van der Waals surface area (Å²) in [5, 5.41) is 1.25. The predicted molar refractivity (Wildman–Crippen MR) is 59.2 cm³/mol. The molecule has 0 saturated carbocycles. The van der Waals surface area contributed by atoms with Crippen LogP contribution < -0.4 is 0 Å². The average Bonchev–Trinajstić information content (AvgIpc) is 2.04. The minimum Gasteiger partial charge on any atom is -0.256 e. The van der Waals surface area contributed by atoms with Crippen LogP contribution >= 0.6 is 22.6 Å². The highest BCUT2D eigenvalue weighted by Crippen LogP contribution is 2.17. The summed E-state index contributed by atoms with van der Waals surface area (Å²) in [4.78, 5) is 4.30. The van der Waals surface area contributed by atoms with E-state index in [9.17, 15) is 0 Å². The molecule has 0 aliphatic carbocycles. The van der Waals surface area contributed by atoms with E-state index < -0.39 is 0 Å². The van der Waals surface area contributed by atoms with Crippen LogP contribution in [0.2, 0.25) is 0 Å². The summed E-state index contributed by atoms with van der Waals surface area (Å²) < 4.78 is 1.23. The number of benzene rings is 1. The van der Waals surface area contributed by atoms with Crippen LogP contribution in [0.5, 0.6) is 0 Å². The molecule has 0 saturated heterocycles. The molecule has 1 heterocycles. The van der Waals surface area contributed by atoms with Gasteiger partial charge in [0.1, 0.15) is 0 Å². The lowest BCUT2D eigenvalue weighted by atomic mass is 10.1. The molecule has 0 radical (unpaired) electrons. The molecule has 1 aromatic carbocycles. The molecular weight excluding hydrogens is 261 g/mol. The quantitative estimate of drug-likeness (QED) is 0.669. The van der Waals surface area contributed by atoms with Crippen molar-refractivity contribution in [3.05, 3.63) is 39.6 Å². The lowest BCUT2D eigenvalue weighted by Gasteiger charge is -2.00. The van der Waals surface area contributed by atoms with Crippen molar-refractivity contribution in [1.29, 1.82) is 0 Å². The lowest BCUT2D eigenvalue weighted by molar-refractivity contribution is 1.36. The number of rotatable bonds is 0. The molecule has 1 aromatic heterocycles. The first kappa shape index (κ1) is 7.98. The molecule has 0 aliphatic heterocycles. The van der Waals surface area contributed by atoms with E-state index in [0.717, 1.165) is 5.52 Å². The molecule has 2 heteroatoms. The number of hydrogen-bond donors (Lipinski definition) is 0. The Morgan fingerprint density at radius 2 is 2.08 bits per heavy atom. The van der Waals surface area contributed by atoms with Crippen LogP contribution in [0.4, 0.5) is 0 Å². The highest BCUT2D eigenvalue weighted by Gasteiger charge is 1.96. The fourth-order valence-corrected chi connectivity index (χ4v) is 1.74. The van der Waals surface area contributed by atoms with Crippen LogP contribution in [0, 0.1) is 10.5 Å². The first-order valence-corrected chi connectivity index (χ1v) is 4.86. The van der Waals surface area contributed by atoms with Gasteiger partial charge in [-0.1, -0.05) is 6.07 Å². The number of fused-ring (bicyclic) bond motifs is 1. The van der Waals surface area contributed by atoms with Gasteiger partial charge in [0.2, 0.25) is 0 Å². The van der Waals surface area contributed by atoms with Crippen molar-refractivity contribution in [3.63, 3.8) is 0 Å². The first-order chi connectivity index (χ1) is 5.77. The number of aromatic nitrogens is 1. The van der Waals surface area contributed by atoms with Gasteiger partial charge in [-0.15, -0.1) is 0 Å². The van der Waals surface area contributed by atoms with Gasteiger partial charge >= 0.3 is 0 Å². The SMILES string of the molecule is Cc1ccnc2cc(I)ccc12. The van der Waals surface area contributed by atoms with Gasteiger partial charge in [-0.05, 0) is 53.3 Å². The largest absolute Gasteiger partial charge is 0.256 e. The van der Waals surface area contributed by atoms with Gasteiger partial charge in [0.15, 0.2) is 0 Å². The smallest absolute Gasteiger partial charge is 0.0715 e. The fraction of sp³-hybridized carbons (Fsp3) is 0.100. The van der Waals surface area contributed by atoms with Crippen LogP contribution in [0.3, 0.4) is 0 Å². The highest BCUT2D eigenvalue weighted by molar-refractivity contribution is 14.1. The Morgan fingerprint density at radius 3 is 2.92 bits per heavy atom. The zero-order chi connectivity index (χ0) is 8.55. The summed E-state index contributed by atoms with van der Waals surface area (Å²) >= 11 is 2.30. The zero-order valence-corrected chi connectivity index (χ0v) is 8.87. The molecule has 60 valence electrons. The third-order valence-electron chi connectivity index (χ3n) is 1.92. The molecule has 0 amide bonds.